The Kier molecular flexibility index (Phi) is 6.86. The number of nitrogens with zero attached hydrogens (tertiary/aromatic N) is 3. The fourth-order valence-corrected chi connectivity index (χ4v) is 2.26. The minimum absolute atomic E-state index is 0.00382. The first-order chi connectivity index (χ1) is 10.7. The van der Waals surface area contributed by atoms with Gasteiger partial charge in [-0.15, -0.1) is 0 Å². The molecule has 6 nitrogen and oxygen atoms in total. The minimum atomic E-state index is 0.00382. The fraction of sp³-hybridized carbons (Fsp3) is 0.750. The molecule has 1 atom stereocenters. The summed E-state index contributed by atoms with van der Waals surface area (Å²) in [6.45, 7) is 5.41. The smallest absolute Gasteiger partial charge is 0.218 e. The van der Waals surface area contributed by atoms with Crippen LogP contribution in [0.15, 0.2) is 6.07 Å². The molecule has 0 aromatic carbocycles. The number of likely N-dealkylation sites (N-methyl/N-ethyl adjacent to an activating group) is 1. The highest BCUT2D eigenvalue weighted by atomic mass is 16.5. The van der Waals surface area contributed by atoms with Crippen LogP contribution in [0.2, 0.25) is 0 Å². The molecule has 2 rings (SSSR count). The van der Waals surface area contributed by atoms with E-state index in [4.69, 9.17) is 9.47 Å². The summed E-state index contributed by atoms with van der Waals surface area (Å²) in [5, 5.41) is 3.34. The lowest BCUT2D eigenvalue weighted by Crippen LogP contribution is -2.21. The molecule has 0 spiro atoms. The normalized spacial score (nSPS) is 17.9. The van der Waals surface area contributed by atoms with Crippen LogP contribution < -0.4 is 10.1 Å². The zero-order valence-electron chi connectivity index (χ0n) is 14.0. The highest BCUT2D eigenvalue weighted by Gasteiger charge is 2.22. The van der Waals surface area contributed by atoms with Gasteiger partial charge in [0, 0.05) is 25.8 Å². The lowest BCUT2D eigenvalue weighted by molar-refractivity contribution is 0.104. The van der Waals surface area contributed by atoms with E-state index in [1.165, 1.54) is 0 Å². The van der Waals surface area contributed by atoms with E-state index >= 15 is 0 Å². The van der Waals surface area contributed by atoms with Crippen molar-refractivity contribution < 1.29 is 9.47 Å². The van der Waals surface area contributed by atoms with Crippen molar-refractivity contribution in [3.05, 3.63) is 11.9 Å². The number of unbranched alkanes of at least 4 members (excludes halogenated alkanes) is 1. The van der Waals surface area contributed by atoms with Crippen molar-refractivity contribution in [2.45, 2.75) is 38.7 Å². The molecule has 6 heteroatoms. The average Bonchev–Trinajstić information content (AvgIpc) is 3.01. The molecule has 124 valence electrons. The first kappa shape index (κ1) is 17.0. The van der Waals surface area contributed by atoms with Crippen LogP contribution in [0.1, 0.15) is 44.5 Å². The van der Waals surface area contributed by atoms with Crippen LogP contribution in [0.5, 0.6) is 5.88 Å². The summed E-state index contributed by atoms with van der Waals surface area (Å²) in [5.74, 6) is 2.19. The van der Waals surface area contributed by atoms with E-state index in [1.807, 2.05) is 6.07 Å². The Morgan fingerprint density at radius 3 is 2.95 bits per heavy atom. The van der Waals surface area contributed by atoms with Crippen molar-refractivity contribution in [2.75, 3.05) is 45.7 Å². The maximum Gasteiger partial charge on any atom is 0.218 e. The van der Waals surface area contributed by atoms with Gasteiger partial charge in [-0.1, -0.05) is 13.3 Å². The lowest BCUT2D eigenvalue weighted by Gasteiger charge is -2.15. The number of ether oxygens (including phenoxy) is 2. The zero-order chi connectivity index (χ0) is 15.8. The number of nitrogens with one attached hydrogen (secondary N) is 1. The van der Waals surface area contributed by atoms with E-state index < -0.39 is 0 Å². The molecule has 1 aromatic rings. The van der Waals surface area contributed by atoms with Gasteiger partial charge in [0.05, 0.1) is 6.61 Å². The van der Waals surface area contributed by atoms with Gasteiger partial charge in [-0.3, -0.25) is 0 Å². The second kappa shape index (κ2) is 8.90. The Hall–Kier alpha value is -1.40. The molecular weight excluding hydrogens is 280 g/mol. The second-order valence-corrected chi connectivity index (χ2v) is 5.88. The summed E-state index contributed by atoms with van der Waals surface area (Å²) < 4.78 is 11.5. The summed E-state index contributed by atoms with van der Waals surface area (Å²) in [6.07, 6.45) is 4.19. The Balaban J connectivity index is 2.05. The minimum Gasteiger partial charge on any atom is -0.478 e. The monoisotopic (exact) mass is 308 g/mol. The van der Waals surface area contributed by atoms with Crippen molar-refractivity contribution in [3.8, 4) is 5.88 Å². The van der Waals surface area contributed by atoms with Gasteiger partial charge >= 0.3 is 0 Å². The van der Waals surface area contributed by atoms with Crippen LogP contribution in [0, 0.1) is 0 Å². The number of hydrogen-bond donors (Lipinski definition) is 1. The molecule has 0 bridgehead atoms. The third kappa shape index (κ3) is 5.42. The topological polar surface area (TPSA) is 59.5 Å². The zero-order valence-corrected chi connectivity index (χ0v) is 14.0. The molecule has 1 saturated heterocycles. The third-order valence-corrected chi connectivity index (χ3v) is 3.55. The van der Waals surface area contributed by atoms with Crippen LogP contribution in [0.3, 0.4) is 0 Å². The quantitative estimate of drug-likeness (QED) is 0.707. The highest BCUT2D eigenvalue weighted by molar-refractivity contribution is 5.38. The molecule has 2 heterocycles. The Morgan fingerprint density at radius 2 is 2.27 bits per heavy atom. The Bertz CT molecular complexity index is 448. The van der Waals surface area contributed by atoms with E-state index in [-0.39, 0.29) is 6.10 Å². The van der Waals surface area contributed by atoms with Gasteiger partial charge in [-0.25, -0.2) is 4.98 Å². The van der Waals surface area contributed by atoms with Crippen LogP contribution >= 0.6 is 0 Å². The molecule has 0 radical (unpaired) electrons. The van der Waals surface area contributed by atoms with Crippen molar-refractivity contribution >= 4 is 5.82 Å². The highest BCUT2D eigenvalue weighted by Crippen LogP contribution is 2.28. The molecule has 22 heavy (non-hydrogen) atoms. The maximum atomic E-state index is 5.76. The predicted molar refractivity (Wildman–Crippen MR) is 87.4 cm³/mol. The van der Waals surface area contributed by atoms with Crippen LogP contribution in [0.25, 0.3) is 0 Å². The van der Waals surface area contributed by atoms with E-state index in [9.17, 15) is 0 Å². The second-order valence-electron chi connectivity index (χ2n) is 5.88. The maximum absolute atomic E-state index is 5.76. The molecule has 1 aromatic heterocycles. The molecular formula is C16H28N4O2. The van der Waals surface area contributed by atoms with E-state index in [0.717, 1.165) is 57.0 Å². The number of rotatable bonds is 9. The van der Waals surface area contributed by atoms with Crippen molar-refractivity contribution in [1.29, 1.82) is 0 Å². The molecule has 1 unspecified atom stereocenters. The van der Waals surface area contributed by atoms with Crippen molar-refractivity contribution in [3.63, 3.8) is 0 Å². The summed E-state index contributed by atoms with van der Waals surface area (Å²) in [4.78, 5) is 11.2. The van der Waals surface area contributed by atoms with Crippen LogP contribution in [0.4, 0.5) is 5.82 Å². The lowest BCUT2D eigenvalue weighted by atomic mass is 10.2. The molecule has 0 aliphatic carbocycles. The van der Waals surface area contributed by atoms with E-state index in [0.29, 0.717) is 12.5 Å². The summed E-state index contributed by atoms with van der Waals surface area (Å²) in [5.41, 5.74) is 0. The molecule has 1 N–H and O–H groups in total. The van der Waals surface area contributed by atoms with Crippen molar-refractivity contribution in [1.82, 2.24) is 14.9 Å². The third-order valence-electron chi connectivity index (χ3n) is 3.55. The van der Waals surface area contributed by atoms with Gasteiger partial charge < -0.3 is 19.7 Å². The first-order valence-electron chi connectivity index (χ1n) is 8.21. The first-order valence-corrected chi connectivity index (χ1v) is 8.21. The molecule has 1 aliphatic rings. The SMILES string of the molecule is CCCCOc1cc(NCCN(C)C)nc(C2CCCO2)n1. The van der Waals surface area contributed by atoms with Gasteiger partial charge in [0.1, 0.15) is 11.9 Å². The van der Waals surface area contributed by atoms with E-state index in [1.54, 1.807) is 0 Å². The molecule has 0 saturated carbocycles. The Morgan fingerprint density at radius 1 is 1.41 bits per heavy atom. The Labute approximate surface area is 133 Å². The largest absolute Gasteiger partial charge is 0.478 e. The van der Waals surface area contributed by atoms with E-state index in [2.05, 4.69) is 41.2 Å². The molecule has 0 amide bonds. The number of hydrogen-bond acceptors (Lipinski definition) is 6. The summed E-state index contributed by atoms with van der Waals surface area (Å²) in [7, 11) is 4.11. The fourth-order valence-electron chi connectivity index (χ4n) is 2.26. The van der Waals surface area contributed by atoms with Gasteiger partial charge in [-0.2, -0.15) is 4.98 Å². The van der Waals surface area contributed by atoms with Crippen molar-refractivity contribution in [2.24, 2.45) is 0 Å². The van der Waals surface area contributed by atoms with Gasteiger partial charge in [0.25, 0.3) is 0 Å². The number of anilines is 1. The average molecular weight is 308 g/mol. The summed E-state index contributed by atoms with van der Waals surface area (Å²) in [6, 6.07) is 1.88. The molecule has 1 fully saturated rings. The van der Waals surface area contributed by atoms with Crippen LogP contribution in [-0.4, -0.2) is 55.3 Å². The van der Waals surface area contributed by atoms with Crippen LogP contribution in [-0.2, 0) is 4.74 Å². The summed E-state index contributed by atoms with van der Waals surface area (Å²) >= 11 is 0. The number of aromatic nitrogens is 2. The molecule has 1 aliphatic heterocycles. The predicted octanol–water partition coefficient (Wildman–Crippen LogP) is 2.48. The van der Waals surface area contributed by atoms with Gasteiger partial charge in [-0.05, 0) is 33.4 Å². The van der Waals surface area contributed by atoms with Gasteiger partial charge in [0.2, 0.25) is 5.88 Å². The van der Waals surface area contributed by atoms with Gasteiger partial charge in [0.15, 0.2) is 5.82 Å². The standard InChI is InChI=1S/C16H28N4O2/c1-4-5-10-22-15-12-14(17-8-9-20(2)3)18-16(19-15)13-7-6-11-21-13/h12-13H,4-11H2,1-3H3,(H,17,18,19).